The van der Waals surface area contributed by atoms with E-state index in [1.165, 1.54) is 11.1 Å². The fourth-order valence-corrected chi connectivity index (χ4v) is 4.61. The third kappa shape index (κ3) is 2.19. The van der Waals surface area contributed by atoms with Gasteiger partial charge in [0.25, 0.3) is 0 Å². The van der Waals surface area contributed by atoms with Gasteiger partial charge in [-0.1, -0.05) is 22.0 Å². The summed E-state index contributed by atoms with van der Waals surface area (Å²) in [6, 6.07) is 5.99. The summed E-state index contributed by atoms with van der Waals surface area (Å²) in [4.78, 5) is 11.0. The second-order valence-electron chi connectivity index (χ2n) is 4.93. The first-order valence-electron chi connectivity index (χ1n) is 6.00. The van der Waals surface area contributed by atoms with Crippen molar-refractivity contribution in [2.45, 2.75) is 30.2 Å². The Kier molecular flexibility index (Phi) is 3.16. The molecule has 1 aromatic rings. The van der Waals surface area contributed by atoms with Crippen molar-refractivity contribution in [1.82, 2.24) is 5.32 Å². The Labute approximate surface area is 118 Å². The van der Waals surface area contributed by atoms with E-state index >= 15 is 0 Å². The molecule has 1 fully saturated rings. The number of thioether (sulfide) groups is 1. The van der Waals surface area contributed by atoms with E-state index in [4.69, 9.17) is 5.11 Å². The first-order chi connectivity index (χ1) is 8.58. The molecule has 3 nitrogen and oxygen atoms in total. The summed E-state index contributed by atoms with van der Waals surface area (Å²) >= 11 is 5.26. The van der Waals surface area contributed by atoms with E-state index in [0.29, 0.717) is 5.75 Å². The summed E-state index contributed by atoms with van der Waals surface area (Å²) < 4.78 is 1.12. The lowest BCUT2D eigenvalue weighted by atomic mass is 9.87. The maximum absolute atomic E-state index is 11.0. The summed E-state index contributed by atoms with van der Waals surface area (Å²) in [6.45, 7) is 0. The Morgan fingerprint density at radius 2 is 2.33 bits per heavy atom. The second-order valence-corrected chi connectivity index (χ2v) is 7.25. The first kappa shape index (κ1) is 12.5. The van der Waals surface area contributed by atoms with Crippen LogP contribution in [0.2, 0.25) is 0 Å². The number of aliphatic carboxylic acids is 1. The molecule has 1 aromatic carbocycles. The van der Waals surface area contributed by atoms with Crippen LogP contribution in [0.5, 0.6) is 0 Å². The monoisotopic (exact) mass is 327 g/mol. The molecule has 1 aliphatic heterocycles. The number of halogens is 1. The molecule has 3 rings (SSSR count). The smallest absolute Gasteiger partial charge is 0.321 e. The number of nitrogens with one attached hydrogen (secondary N) is 1. The van der Waals surface area contributed by atoms with E-state index < -0.39 is 12.0 Å². The molecule has 0 saturated carbocycles. The maximum atomic E-state index is 11.0. The molecule has 5 heteroatoms. The van der Waals surface area contributed by atoms with E-state index in [0.717, 1.165) is 23.7 Å². The molecule has 2 aliphatic rings. The molecule has 0 amide bonds. The lowest BCUT2D eigenvalue weighted by Gasteiger charge is -2.34. The van der Waals surface area contributed by atoms with Gasteiger partial charge < -0.3 is 5.11 Å². The minimum atomic E-state index is -0.735. The fourth-order valence-electron chi connectivity index (χ4n) is 2.76. The van der Waals surface area contributed by atoms with Gasteiger partial charge in [0.1, 0.15) is 6.04 Å². The van der Waals surface area contributed by atoms with Gasteiger partial charge in [-0.05, 0) is 36.1 Å². The lowest BCUT2D eigenvalue weighted by molar-refractivity contribution is -0.138. The summed E-state index contributed by atoms with van der Waals surface area (Å²) in [7, 11) is 0. The first-order valence-corrected chi connectivity index (χ1v) is 7.78. The number of carbonyl (C=O) groups is 1. The van der Waals surface area contributed by atoms with Gasteiger partial charge in [-0.2, -0.15) is 0 Å². The average Bonchev–Trinajstić information content (AvgIpc) is 2.74. The Morgan fingerprint density at radius 3 is 3.06 bits per heavy atom. The Morgan fingerprint density at radius 1 is 1.50 bits per heavy atom. The van der Waals surface area contributed by atoms with Crippen LogP contribution in [0.4, 0.5) is 0 Å². The van der Waals surface area contributed by atoms with Gasteiger partial charge in [-0.15, -0.1) is 11.8 Å². The van der Waals surface area contributed by atoms with Crippen LogP contribution in [0, 0.1) is 0 Å². The van der Waals surface area contributed by atoms with Crippen LogP contribution in [0.25, 0.3) is 0 Å². The normalized spacial score (nSPS) is 30.4. The van der Waals surface area contributed by atoms with Crippen LogP contribution in [0.1, 0.15) is 17.5 Å². The number of hydrogen-bond donors (Lipinski definition) is 2. The minimum absolute atomic E-state index is 0.0656. The highest BCUT2D eigenvalue weighted by molar-refractivity contribution is 9.10. The highest BCUT2D eigenvalue weighted by atomic mass is 79.9. The Balaban J connectivity index is 1.83. The van der Waals surface area contributed by atoms with Gasteiger partial charge in [0.2, 0.25) is 0 Å². The highest BCUT2D eigenvalue weighted by Gasteiger charge is 2.43. The van der Waals surface area contributed by atoms with Crippen LogP contribution in [0.3, 0.4) is 0 Å². The lowest BCUT2D eigenvalue weighted by Crippen LogP contribution is -2.48. The fraction of sp³-hybridized carbons (Fsp3) is 0.462. The van der Waals surface area contributed by atoms with E-state index in [1.807, 2.05) is 0 Å². The molecule has 2 N–H and O–H groups in total. The van der Waals surface area contributed by atoms with Crippen molar-refractivity contribution in [3.63, 3.8) is 0 Å². The van der Waals surface area contributed by atoms with Crippen molar-refractivity contribution >= 4 is 33.7 Å². The number of hydrogen-bond acceptors (Lipinski definition) is 3. The van der Waals surface area contributed by atoms with Gasteiger partial charge >= 0.3 is 5.97 Å². The largest absolute Gasteiger partial charge is 0.480 e. The molecule has 1 heterocycles. The minimum Gasteiger partial charge on any atom is -0.480 e. The van der Waals surface area contributed by atoms with Gasteiger partial charge in [0.15, 0.2) is 0 Å². The van der Waals surface area contributed by atoms with E-state index in [1.54, 1.807) is 11.8 Å². The summed E-state index contributed by atoms with van der Waals surface area (Å²) in [5, 5.41) is 12.4. The quantitative estimate of drug-likeness (QED) is 0.831. The molecule has 1 saturated heterocycles. The zero-order valence-electron chi connectivity index (χ0n) is 9.78. The highest BCUT2D eigenvalue weighted by Crippen LogP contribution is 2.41. The number of benzene rings is 1. The van der Waals surface area contributed by atoms with Crippen molar-refractivity contribution in [2.24, 2.45) is 0 Å². The molecule has 18 heavy (non-hydrogen) atoms. The topological polar surface area (TPSA) is 49.3 Å². The zero-order valence-corrected chi connectivity index (χ0v) is 12.2. The predicted octanol–water partition coefficient (Wildman–Crippen LogP) is 2.42. The molecular formula is C13H14BrNO2S. The van der Waals surface area contributed by atoms with Gasteiger partial charge in [0, 0.05) is 16.6 Å². The molecule has 0 aromatic heterocycles. The summed E-state index contributed by atoms with van der Waals surface area (Å²) in [5.41, 5.74) is 2.73. The van der Waals surface area contributed by atoms with Crippen molar-refractivity contribution in [3.05, 3.63) is 33.8 Å². The van der Waals surface area contributed by atoms with Crippen LogP contribution in [-0.4, -0.2) is 27.7 Å². The molecule has 1 unspecified atom stereocenters. The molecule has 2 atom stereocenters. The van der Waals surface area contributed by atoms with Gasteiger partial charge in [-0.25, -0.2) is 0 Å². The molecule has 0 bridgehead atoms. The number of fused-ring (bicyclic) bond motifs is 1. The Bertz CT molecular complexity index is 508. The summed E-state index contributed by atoms with van der Waals surface area (Å²) in [5.74, 6) is -0.0674. The standard InChI is InChI=1S/C13H14BrNO2S/c14-10-2-1-9-6-13(4-3-8(9)5-10)15-11(7-18-13)12(16)17/h1-2,5,11,15H,3-4,6-7H2,(H,16,17)/t11-,13?/m0/s1. The van der Waals surface area contributed by atoms with Gasteiger partial charge in [-0.3, -0.25) is 10.1 Å². The van der Waals surface area contributed by atoms with E-state index in [2.05, 4.69) is 39.4 Å². The van der Waals surface area contributed by atoms with Crippen molar-refractivity contribution in [1.29, 1.82) is 0 Å². The molecule has 0 radical (unpaired) electrons. The zero-order chi connectivity index (χ0) is 12.8. The van der Waals surface area contributed by atoms with Crippen molar-refractivity contribution in [3.8, 4) is 0 Å². The number of rotatable bonds is 1. The van der Waals surface area contributed by atoms with E-state index in [-0.39, 0.29) is 4.87 Å². The van der Waals surface area contributed by atoms with Crippen LogP contribution < -0.4 is 5.32 Å². The Hall–Kier alpha value is -0.520. The average molecular weight is 328 g/mol. The molecule has 1 aliphatic carbocycles. The number of aryl methyl sites for hydroxylation is 1. The number of carboxylic acids is 1. The molecule has 96 valence electrons. The predicted molar refractivity (Wildman–Crippen MR) is 75.9 cm³/mol. The molecule has 1 spiro atoms. The van der Waals surface area contributed by atoms with Crippen molar-refractivity contribution < 1.29 is 9.90 Å². The van der Waals surface area contributed by atoms with Crippen LogP contribution in [0.15, 0.2) is 22.7 Å². The van der Waals surface area contributed by atoms with E-state index in [9.17, 15) is 4.79 Å². The third-order valence-electron chi connectivity index (χ3n) is 3.70. The van der Waals surface area contributed by atoms with Crippen molar-refractivity contribution in [2.75, 3.05) is 5.75 Å². The third-order valence-corrected chi connectivity index (χ3v) is 5.72. The SMILES string of the molecule is O=C(O)[C@@H]1CSC2(CCc3cc(Br)ccc3C2)N1. The van der Waals surface area contributed by atoms with Crippen LogP contribution in [-0.2, 0) is 17.6 Å². The maximum Gasteiger partial charge on any atom is 0.321 e. The number of carboxylic acid groups (broad SMARTS) is 1. The molecular weight excluding hydrogens is 314 g/mol. The van der Waals surface area contributed by atoms with Crippen LogP contribution >= 0.6 is 27.7 Å². The second kappa shape index (κ2) is 4.54. The van der Waals surface area contributed by atoms with Gasteiger partial charge in [0.05, 0.1) is 4.87 Å². The summed E-state index contributed by atoms with van der Waals surface area (Å²) in [6.07, 6.45) is 2.94.